The highest BCUT2D eigenvalue weighted by Gasteiger charge is 2.33. The first kappa shape index (κ1) is 15.9. The van der Waals surface area contributed by atoms with Gasteiger partial charge in [-0.3, -0.25) is 0 Å². The van der Waals surface area contributed by atoms with Gasteiger partial charge in [-0.2, -0.15) is 0 Å². The highest BCUT2D eigenvalue weighted by molar-refractivity contribution is 7.95. The van der Waals surface area contributed by atoms with Gasteiger partial charge in [0, 0.05) is 6.26 Å². The molecule has 2 N–H and O–H groups in total. The van der Waals surface area contributed by atoms with Crippen molar-refractivity contribution in [3.05, 3.63) is 0 Å². The number of hydrogen-bond acceptors (Lipinski definition) is 5. The zero-order valence-corrected chi connectivity index (χ0v) is 12.5. The monoisotopic (exact) mass is 297 g/mol. The molecule has 0 aromatic carbocycles. The lowest BCUT2D eigenvalue weighted by Crippen LogP contribution is -2.36. The molecule has 0 bridgehead atoms. The lowest BCUT2D eigenvalue weighted by atomic mass is 10.0. The van der Waals surface area contributed by atoms with Crippen LogP contribution in [0.2, 0.25) is 0 Å². The molecule has 2 atom stereocenters. The summed E-state index contributed by atoms with van der Waals surface area (Å²) in [5.74, 6) is -0.576. The zero-order chi connectivity index (χ0) is 13.8. The molecule has 1 saturated carbocycles. The summed E-state index contributed by atoms with van der Waals surface area (Å²) < 4.78 is 46.6. The third-order valence-electron chi connectivity index (χ3n) is 3.59. The molecule has 0 aliphatic heterocycles. The molecule has 0 spiro atoms. The summed E-state index contributed by atoms with van der Waals surface area (Å²) in [6.07, 6.45) is 5.46. The minimum absolute atomic E-state index is 0.0166. The molecule has 5 nitrogen and oxygen atoms in total. The fraction of sp³-hybridized carbons (Fsp3) is 1.00. The van der Waals surface area contributed by atoms with Crippen LogP contribution in [-0.2, 0) is 19.7 Å². The molecule has 1 aliphatic carbocycles. The van der Waals surface area contributed by atoms with E-state index in [0.717, 1.165) is 31.9 Å². The van der Waals surface area contributed by atoms with Crippen LogP contribution in [0.15, 0.2) is 0 Å². The van der Waals surface area contributed by atoms with Gasteiger partial charge in [-0.05, 0) is 25.3 Å². The molecule has 0 amide bonds. The van der Waals surface area contributed by atoms with E-state index in [1.54, 1.807) is 0 Å². The second kappa shape index (κ2) is 6.34. The van der Waals surface area contributed by atoms with E-state index in [4.69, 9.17) is 5.73 Å². The number of sulfone groups is 2. The van der Waals surface area contributed by atoms with E-state index in [9.17, 15) is 16.8 Å². The topological polar surface area (TPSA) is 94.3 Å². The van der Waals surface area contributed by atoms with E-state index in [1.165, 1.54) is 0 Å². The molecule has 2 unspecified atom stereocenters. The second-order valence-electron chi connectivity index (χ2n) is 5.17. The summed E-state index contributed by atoms with van der Waals surface area (Å²) >= 11 is 0. The molecule has 0 saturated heterocycles. The summed E-state index contributed by atoms with van der Waals surface area (Å²) in [5.41, 5.74) is 5.66. The summed E-state index contributed by atoms with van der Waals surface area (Å²) in [7, 11) is -6.60. The van der Waals surface area contributed by atoms with Gasteiger partial charge in [-0.1, -0.05) is 19.3 Å². The normalized spacial score (nSPS) is 26.8. The lowest BCUT2D eigenvalue weighted by Gasteiger charge is -2.23. The van der Waals surface area contributed by atoms with Crippen molar-refractivity contribution in [1.82, 2.24) is 0 Å². The molecule has 1 rings (SSSR count). The fourth-order valence-corrected chi connectivity index (χ4v) is 6.31. The Hall–Kier alpha value is -0.140. The number of rotatable bonds is 5. The Balaban J connectivity index is 2.80. The van der Waals surface area contributed by atoms with Crippen molar-refractivity contribution < 1.29 is 16.8 Å². The van der Waals surface area contributed by atoms with Crippen LogP contribution in [0.25, 0.3) is 0 Å². The van der Waals surface area contributed by atoms with E-state index < -0.39 is 24.9 Å². The summed E-state index contributed by atoms with van der Waals surface area (Å²) in [6.45, 7) is 0.364. The molecule has 0 radical (unpaired) electrons. The van der Waals surface area contributed by atoms with Crippen LogP contribution in [0.3, 0.4) is 0 Å². The number of nitrogens with two attached hydrogens (primary N) is 1. The van der Waals surface area contributed by atoms with Crippen LogP contribution in [0.5, 0.6) is 0 Å². The molecule has 0 aromatic heterocycles. The summed E-state index contributed by atoms with van der Waals surface area (Å²) in [5, 5.41) is -0.452. The maximum absolute atomic E-state index is 12.2. The van der Waals surface area contributed by atoms with Gasteiger partial charge >= 0.3 is 0 Å². The van der Waals surface area contributed by atoms with Crippen molar-refractivity contribution in [2.24, 2.45) is 11.7 Å². The van der Waals surface area contributed by atoms with Crippen molar-refractivity contribution >= 4 is 19.7 Å². The maximum Gasteiger partial charge on any atom is 0.154 e. The standard InChI is InChI=1S/C11H23NO4S2/c1-17(13,14)7-8-18(15,16)11-6-4-2-3-5-10(11)9-12/h10-11H,2-9,12H2,1H3. The Bertz CT molecular complexity index is 455. The lowest BCUT2D eigenvalue weighted by molar-refractivity contribution is 0.457. The molecular weight excluding hydrogens is 274 g/mol. The highest BCUT2D eigenvalue weighted by Crippen LogP contribution is 2.28. The Labute approximate surface area is 110 Å². The van der Waals surface area contributed by atoms with Crippen LogP contribution < -0.4 is 5.73 Å². The summed E-state index contributed by atoms with van der Waals surface area (Å²) in [6, 6.07) is 0. The molecular formula is C11H23NO4S2. The van der Waals surface area contributed by atoms with Crippen LogP contribution in [-0.4, -0.2) is 46.4 Å². The third kappa shape index (κ3) is 4.85. The van der Waals surface area contributed by atoms with Gasteiger partial charge < -0.3 is 5.73 Å². The molecule has 108 valence electrons. The van der Waals surface area contributed by atoms with E-state index in [0.29, 0.717) is 13.0 Å². The van der Waals surface area contributed by atoms with E-state index in [1.807, 2.05) is 0 Å². The first-order valence-electron chi connectivity index (χ1n) is 6.35. The van der Waals surface area contributed by atoms with E-state index in [2.05, 4.69) is 0 Å². The zero-order valence-electron chi connectivity index (χ0n) is 10.8. The van der Waals surface area contributed by atoms with Crippen molar-refractivity contribution in [3.63, 3.8) is 0 Å². The Morgan fingerprint density at radius 3 is 2.17 bits per heavy atom. The predicted octanol–water partition coefficient (Wildman–Crippen LogP) is 0.353. The first-order chi connectivity index (χ1) is 8.26. The van der Waals surface area contributed by atoms with Crippen molar-refractivity contribution in [3.8, 4) is 0 Å². The molecule has 0 aromatic rings. The predicted molar refractivity (Wildman–Crippen MR) is 72.9 cm³/mol. The Morgan fingerprint density at radius 1 is 1.00 bits per heavy atom. The van der Waals surface area contributed by atoms with Crippen LogP contribution in [0.1, 0.15) is 32.1 Å². The minimum atomic E-state index is -3.36. The minimum Gasteiger partial charge on any atom is -0.330 e. The van der Waals surface area contributed by atoms with Gasteiger partial charge in [-0.25, -0.2) is 16.8 Å². The molecule has 0 heterocycles. The maximum atomic E-state index is 12.2. The van der Waals surface area contributed by atoms with Crippen LogP contribution in [0, 0.1) is 5.92 Å². The smallest absolute Gasteiger partial charge is 0.154 e. The Kier molecular flexibility index (Phi) is 5.61. The third-order valence-corrected chi connectivity index (χ3v) is 7.11. The molecule has 18 heavy (non-hydrogen) atoms. The van der Waals surface area contributed by atoms with E-state index in [-0.39, 0.29) is 17.4 Å². The van der Waals surface area contributed by atoms with Crippen LogP contribution in [0.4, 0.5) is 0 Å². The van der Waals surface area contributed by atoms with Gasteiger partial charge in [0.25, 0.3) is 0 Å². The average molecular weight is 297 g/mol. The van der Waals surface area contributed by atoms with Crippen molar-refractivity contribution in [2.45, 2.75) is 37.4 Å². The molecule has 1 fully saturated rings. The second-order valence-corrected chi connectivity index (χ2v) is 9.77. The van der Waals surface area contributed by atoms with Gasteiger partial charge in [0.15, 0.2) is 9.84 Å². The van der Waals surface area contributed by atoms with E-state index >= 15 is 0 Å². The van der Waals surface area contributed by atoms with Gasteiger partial charge in [0.05, 0.1) is 16.8 Å². The van der Waals surface area contributed by atoms with Gasteiger partial charge in [0.1, 0.15) is 9.84 Å². The van der Waals surface area contributed by atoms with Gasteiger partial charge in [0.2, 0.25) is 0 Å². The first-order valence-corrected chi connectivity index (χ1v) is 10.1. The molecule has 7 heteroatoms. The highest BCUT2D eigenvalue weighted by atomic mass is 32.2. The SMILES string of the molecule is CS(=O)(=O)CCS(=O)(=O)C1CCCCCC1CN. The Morgan fingerprint density at radius 2 is 1.61 bits per heavy atom. The number of hydrogen-bond donors (Lipinski definition) is 1. The quantitative estimate of drug-likeness (QED) is 0.739. The largest absolute Gasteiger partial charge is 0.330 e. The molecule has 1 aliphatic rings. The fourth-order valence-electron chi connectivity index (χ4n) is 2.51. The summed E-state index contributed by atoms with van der Waals surface area (Å²) in [4.78, 5) is 0. The van der Waals surface area contributed by atoms with Gasteiger partial charge in [-0.15, -0.1) is 0 Å². The average Bonchev–Trinajstić information content (AvgIpc) is 2.50. The van der Waals surface area contributed by atoms with Crippen molar-refractivity contribution in [1.29, 1.82) is 0 Å². The van der Waals surface area contributed by atoms with Crippen molar-refractivity contribution in [2.75, 3.05) is 24.3 Å². The van der Waals surface area contributed by atoms with Crippen LogP contribution >= 0.6 is 0 Å².